The van der Waals surface area contributed by atoms with Gasteiger partial charge in [-0.05, 0) is 56.2 Å². The Morgan fingerprint density at radius 2 is 1.49 bits per heavy atom. The number of methoxy groups -OCH3 is 4. The van der Waals surface area contributed by atoms with Gasteiger partial charge in [0.05, 0.1) is 52.1 Å². The van der Waals surface area contributed by atoms with Gasteiger partial charge in [0, 0.05) is 12.1 Å². The maximum Gasteiger partial charge on any atom is 0.252 e. The fraction of sp³-hybridized carbons (Fsp3) is 0.333. The molecule has 1 N–H and O–H groups in total. The molecule has 1 heterocycles. The van der Waals surface area contributed by atoms with Gasteiger partial charge < -0.3 is 33.6 Å². The number of amides is 1. The highest BCUT2D eigenvalue weighted by Crippen LogP contribution is 2.38. The van der Waals surface area contributed by atoms with Crippen LogP contribution in [0.15, 0.2) is 60.7 Å². The van der Waals surface area contributed by atoms with Crippen LogP contribution >= 0.6 is 0 Å². The summed E-state index contributed by atoms with van der Waals surface area (Å²) in [6.07, 6.45) is 1.71. The number of hydrogen-bond acceptors (Lipinski definition) is 7. The molecule has 4 rings (SSSR count). The summed E-state index contributed by atoms with van der Waals surface area (Å²) in [4.78, 5) is 18.1. The second-order valence-electron chi connectivity index (χ2n) is 8.93. The van der Waals surface area contributed by atoms with E-state index >= 15 is 0 Å². The van der Waals surface area contributed by atoms with E-state index in [0.717, 1.165) is 47.7 Å². The Bertz CT molecular complexity index is 1390. The van der Waals surface area contributed by atoms with Crippen LogP contribution < -0.4 is 29.0 Å². The lowest BCUT2D eigenvalue weighted by molar-refractivity contribution is 0.0936. The summed E-state index contributed by atoms with van der Waals surface area (Å²) in [5, 5.41) is 3.08. The SMILES string of the molecule is COc1ccccc1OCCCCn1c(C(C)NC(=O)c2cc(OC)c(OC)c(OC)c2)nc2ccccc21. The molecule has 0 bridgehead atoms. The fourth-order valence-electron chi connectivity index (χ4n) is 4.51. The molecule has 9 heteroatoms. The number of para-hydroxylation sites is 4. The molecule has 0 fully saturated rings. The molecule has 1 aromatic heterocycles. The van der Waals surface area contributed by atoms with Crippen molar-refractivity contribution in [2.75, 3.05) is 35.0 Å². The standard InChI is InChI=1S/C30H35N3O6/c1-20(31-30(34)21-18-26(36-3)28(38-5)27(19-21)37-4)29-32-22-12-6-7-13-23(22)33(29)16-10-11-17-39-25-15-9-8-14-24(25)35-2/h6-9,12-15,18-20H,10-11,16-17H2,1-5H3,(H,31,34). The summed E-state index contributed by atoms with van der Waals surface area (Å²) in [6, 6.07) is 18.5. The van der Waals surface area contributed by atoms with Crippen LogP contribution in [0.4, 0.5) is 0 Å². The molecule has 3 aromatic carbocycles. The molecule has 1 amide bonds. The number of aryl methyl sites for hydroxylation is 1. The van der Waals surface area contributed by atoms with Crippen molar-refractivity contribution in [3.63, 3.8) is 0 Å². The molecule has 0 radical (unpaired) electrons. The molecule has 39 heavy (non-hydrogen) atoms. The summed E-state index contributed by atoms with van der Waals surface area (Å²) in [5.74, 6) is 3.22. The second kappa shape index (κ2) is 12.9. The smallest absolute Gasteiger partial charge is 0.252 e. The lowest BCUT2D eigenvalue weighted by Crippen LogP contribution is -2.29. The minimum absolute atomic E-state index is 0.273. The number of nitrogens with one attached hydrogen (secondary N) is 1. The lowest BCUT2D eigenvalue weighted by atomic mass is 10.1. The first-order valence-electron chi connectivity index (χ1n) is 12.8. The van der Waals surface area contributed by atoms with Crippen molar-refractivity contribution in [3.05, 3.63) is 72.1 Å². The third-order valence-electron chi connectivity index (χ3n) is 6.45. The number of fused-ring (bicyclic) bond motifs is 1. The lowest BCUT2D eigenvalue weighted by Gasteiger charge is -2.18. The van der Waals surface area contributed by atoms with Crippen molar-refractivity contribution < 1.29 is 28.5 Å². The molecule has 4 aromatic rings. The van der Waals surface area contributed by atoms with Gasteiger partial charge in [-0.1, -0.05) is 24.3 Å². The topological polar surface area (TPSA) is 93.1 Å². The number of imidazole rings is 1. The number of aromatic nitrogens is 2. The van der Waals surface area contributed by atoms with Crippen LogP contribution in [0.2, 0.25) is 0 Å². The second-order valence-corrected chi connectivity index (χ2v) is 8.93. The van der Waals surface area contributed by atoms with Crippen molar-refractivity contribution in [1.29, 1.82) is 0 Å². The van der Waals surface area contributed by atoms with Crippen molar-refractivity contribution >= 4 is 16.9 Å². The number of ether oxygens (including phenoxy) is 5. The van der Waals surface area contributed by atoms with E-state index in [-0.39, 0.29) is 11.9 Å². The number of benzene rings is 3. The van der Waals surface area contributed by atoms with Gasteiger partial charge in [0.2, 0.25) is 5.75 Å². The molecule has 0 aliphatic carbocycles. The van der Waals surface area contributed by atoms with E-state index in [4.69, 9.17) is 28.7 Å². The van der Waals surface area contributed by atoms with Gasteiger partial charge in [-0.2, -0.15) is 0 Å². The van der Waals surface area contributed by atoms with Crippen molar-refractivity contribution in [2.24, 2.45) is 0 Å². The molecule has 0 saturated heterocycles. The molecular formula is C30H35N3O6. The monoisotopic (exact) mass is 533 g/mol. The normalized spacial score (nSPS) is 11.6. The number of carbonyl (C=O) groups is 1. The van der Waals surface area contributed by atoms with Crippen LogP contribution in [0.1, 0.15) is 42.0 Å². The Labute approximate surface area is 228 Å². The van der Waals surface area contributed by atoms with Gasteiger partial charge in [0.25, 0.3) is 5.91 Å². The van der Waals surface area contributed by atoms with Gasteiger partial charge in [-0.25, -0.2) is 4.98 Å². The molecule has 1 atom stereocenters. The summed E-state index contributed by atoms with van der Waals surface area (Å²) in [7, 11) is 6.20. The molecule has 0 saturated carbocycles. The van der Waals surface area contributed by atoms with Crippen LogP contribution in [-0.4, -0.2) is 50.5 Å². The van der Waals surface area contributed by atoms with Crippen LogP contribution in [-0.2, 0) is 6.54 Å². The van der Waals surface area contributed by atoms with Gasteiger partial charge in [-0.15, -0.1) is 0 Å². The maximum atomic E-state index is 13.3. The highest BCUT2D eigenvalue weighted by Gasteiger charge is 2.22. The zero-order chi connectivity index (χ0) is 27.8. The van der Waals surface area contributed by atoms with Gasteiger partial charge in [-0.3, -0.25) is 4.79 Å². The van der Waals surface area contributed by atoms with E-state index in [0.29, 0.717) is 29.4 Å². The number of unbranched alkanes of at least 4 members (excludes halogenated alkanes) is 1. The number of carbonyl (C=O) groups excluding carboxylic acids is 1. The Kier molecular flexibility index (Phi) is 9.14. The summed E-state index contributed by atoms with van der Waals surface area (Å²) in [5.41, 5.74) is 2.30. The molecule has 0 aliphatic rings. The highest BCUT2D eigenvalue weighted by molar-refractivity contribution is 5.96. The van der Waals surface area contributed by atoms with E-state index in [1.165, 1.54) is 21.3 Å². The summed E-state index contributed by atoms with van der Waals surface area (Å²) < 4.78 is 29.6. The van der Waals surface area contributed by atoms with Gasteiger partial charge in [0.1, 0.15) is 5.82 Å². The Morgan fingerprint density at radius 3 is 2.15 bits per heavy atom. The van der Waals surface area contributed by atoms with Crippen LogP contribution in [0.25, 0.3) is 11.0 Å². The average molecular weight is 534 g/mol. The van der Waals surface area contributed by atoms with E-state index in [2.05, 4.69) is 9.88 Å². The summed E-state index contributed by atoms with van der Waals surface area (Å²) in [6.45, 7) is 3.23. The first kappa shape index (κ1) is 27.6. The Hall–Kier alpha value is -4.40. The third kappa shape index (κ3) is 6.19. The fourth-order valence-corrected chi connectivity index (χ4v) is 4.51. The van der Waals surface area contributed by atoms with Crippen molar-refractivity contribution in [2.45, 2.75) is 32.4 Å². The predicted octanol–water partition coefficient (Wildman–Crippen LogP) is 5.42. The average Bonchev–Trinajstić information content (AvgIpc) is 3.34. The quantitative estimate of drug-likeness (QED) is 0.229. The number of rotatable bonds is 13. The molecule has 9 nitrogen and oxygen atoms in total. The third-order valence-corrected chi connectivity index (χ3v) is 6.45. The highest BCUT2D eigenvalue weighted by atomic mass is 16.5. The number of nitrogens with zero attached hydrogens (tertiary/aromatic N) is 2. The van der Waals surface area contributed by atoms with Crippen LogP contribution in [0.5, 0.6) is 28.7 Å². The molecule has 0 aliphatic heterocycles. The minimum Gasteiger partial charge on any atom is -0.493 e. The van der Waals surface area contributed by atoms with Gasteiger partial charge >= 0.3 is 0 Å². The van der Waals surface area contributed by atoms with Crippen LogP contribution in [0.3, 0.4) is 0 Å². The summed E-state index contributed by atoms with van der Waals surface area (Å²) >= 11 is 0. The van der Waals surface area contributed by atoms with Crippen LogP contribution in [0, 0.1) is 0 Å². The van der Waals surface area contributed by atoms with Crippen molar-refractivity contribution in [3.8, 4) is 28.7 Å². The first-order valence-corrected chi connectivity index (χ1v) is 12.8. The van der Waals surface area contributed by atoms with E-state index in [1.807, 2.05) is 55.5 Å². The maximum absolute atomic E-state index is 13.3. The molecule has 0 spiro atoms. The zero-order valence-electron chi connectivity index (χ0n) is 23.0. The first-order chi connectivity index (χ1) is 19.0. The largest absolute Gasteiger partial charge is 0.493 e. The Balaban J connectivity index is 1.47. The van der Waals surface area contributed by atoms with E-state index < -0.39 is 0 Å². The molecular weight excluding hydrogens is 498 g/mol. The zero-order valence-corrected chi connectivity index (χ0v) is 23.0. The van der Waals surface area contributed by atoms with E-state index in [9.17, 15) is 4.79 Å². The predicted molar refractivity (Wildman–Crippen MR) is 149 cm³/mol. The molecule has 206 valence electrons. The van der Waals surface area contributed by atoms with E-state index in [1.54, 1.807) is 19.2 Å². The number of hydrogen-bond donors (Lipinski definition) is 1. The van der Waals surface area contributed by atoms with Crippen molar-refractivity contribution in [1.82, 2.24) is 14.9 Å². The minimum atomic E-state index is -0.353. The van der Waals surface area contributed by atoms with Gasteiger partial charge in [0.15, 0.2) is 23.0 Å². The Morgan fingerprint density at radius 1 is 0.846 bits per heavy atom. The molecule has 1 unspecified atom stereocenters.